The summed E-state index contributed by atoms with van der Waals surface area (Å²) in [6.45, 7) is 7.64. The number of aryl methyl sites for hydroxylation is 2. The van der Waals surface area contributed by atoms with Crippen LogP contribution in [0.15, 0.2) is 18.2 Å². The maximum atomic E-state index is 5.91. The Balaban J connectivity index is 2.10. The lowest BCUT2D eigenvalue weighted by molar-refractivity contribution is 0.325. The number of hydrogen-bond acceptors (Lipinski definition) is 2. The standard InChI is InChI=1S/C13H20N2/c1-10-4-3-5-11(2)13(10)9-15-7-6-12(14)8-15/h3-5,12H,6-9,14H2,1-2H3/t12-/m0/s1. The van der Waals surface area contributed by atoms with Gasteiger partial charge in [-0.05, 0) is 37.0 Å². The fraction of sp³-hybridized carbons (Fsp3) is 0.538. The third kappa shape index (κ3) is 2.39. The summed E-state index contributed by atoms with van der Waals surface area (Å²) in [7, 11) is 0. The van der Waals surface area contributed by atoms with Crippen LogP contribution in [0, 0.1) is 13.8 Å². The molecule has 2 nitrogen and oxygen atoms in total. The highest BCUT2D eigenvalue weighted by atomic mass is 15.2. The molecule has 1 aliphatic rings. The van der Waals surface area contributed by atoms with Crippen LogP contribution >= 0.6 is 0 Å². The maximum Gasteiger partial charge on any atom is 0.0239 e. The molecule has 0 amide bonds. The first-order valence-electron chi connectivity index (χ1n) is 5.70. The van der Waals surface area contributed by atoms with Gasteiger partial charge in [-0.25, -0.2) is 0 Å². The van der Waals surface area contributed by atoms with E-state index in [1.165, 1.54) is 16.7 Å². The molecule has 15 heavy (non-hydrogen) atoms. The van der Waals surface area contributed by atoms with Gasteiger partial charge in [0.05, 0.1) is 0 Å². The molecule has 1 saturated heterocycles. The molecule has 82 valence electrons. The van der Waals surface area contributed by atoms with Gasteiger partial charge in [-0.15, -0.1) is 0 Å². The first-order valence-corrected chi connectivity index (χ1v) is 5.70. The van der Waals surface area contributed by atoms with Crippen molar-refractivity contribution in [3.05, 3.63) is 34.9 Å². The van der Waals surface area contributed by atoms with E-state index in [-0.39, 0.29) is 0 Å². The number of likely N-dealkylation sites (tertiary alicyclic amines) is 1. The highest BCUT2D eigenvalue weighted by Gasteiger charge is 2.19. The molecule has 1 fully saturated rings. The molecule has 2 N–H and O–H groups in total. The summed E-state index contributed by atoms with van der Waals surface area (Å²) in [6, 6.07) is 6.90. The lowest BCUT2D eigenvalue weighted by Gasteiger charge is -2.18. The van der Waals surface area contributed by atoms with E-state index in [0.717, 1.165) is 26.1 Å². The summed E-state index contributed by atoms with van der Waals surface area (Å²) in [5.74, 6) is 0. The smallest absolute Gasteiger partial charge is 0.0239 e. The molecule has 2 heteroatoms. The fourth-order valence-corrected chi connectivity index (χ4v) is 2.33. The van der Waals surface area contributed by atoms with Crippen molar-refractivity contribution in [1.29, 1.82) is 0 Å². The van der Waals surface area contributed by atoms with Crippen LogP contribution in [0.2, 0.25) is 0 Å². The van der Waals surface area contributed by atoms with Crippen molar-refractivity contribution in [2.45, 2.75) is 32.9 Å². The topological polar surface area (TPSA) is 29.3 Å². The van der Waals surface area contributed by atoms with Gasteiger partial charge in [0.1, 0.15) is 0 Å². The summed E-state index contributed by atoms with van der Waals surface area (Å²) in [5.41, 5.74) is 10.2. The van der Waals surface area contributed by atoms with E-state index in [0.29, 0.717) is 6.04 Å². The molecule has 0 aromatic heterocycles. The zero-order chi connectivity index (χ0) is 10.8. The van der Waals surface area contributed by atoms with Gasteiger partial charge < -0.3 is 5.73 Å². The van der Waals surface area contributed by atoms with Crippen LogP contribution in [-0.2, 0) is 6.54 Å². The molecule has 0 bridgehead atoms. The molecular formula is C13H20N2. The van der Waals surface area contributed by atoms with E-state index < -0.39 is 0 Å². The zero-order valence-electron chi connectivity index (χ0n) is 9.66. The van der Waals surface area contributed by atoms with Gasteiger partial charge in [0.2, 0.25) is 0 Å². The Kier molecular flexibility index (Phi) is 3.08. The summed E-state index contributed by atoms with van der Waals surface area (Å²) >= 11 is 0. The molecule has 1 atom stereocenters. The van der Waals surface area contributed by atoms with Crippen molar-refractivity contribution >= 4 is 0 Å². The van der Waals surface area contributed by atoms with E-state index in [2.05, 4.69) is 36.9 Å². The second-order valence-corrected chi connectivity index (χ2v) is 4.65. The van der Waals surface area contributed by atoms with Crippen molar-refractivity contribution in [2.24, 2.45) is 5.73 Å². The number of nitrogens with two attached hydrogens (primary N) is 1. The van der Waals surface area contributed by atoms with Crippen LogP contribution in [0.3, 0.4) is 0 Å². The van der Waals surface area contributed by atoms with Crippen molar-refractivity contribution in [3.63, 3.8) is 0 Å². The van der Waals surface area contributed by atoms with E-state index in [9.17, 15) is 0 Å². The number of benzene rings is 1. The molecule has 1 aliphatic heterocycles. The van der Waals surface area contributed by atoms with Gasteiger partial charge in [0, 0.05) is 25.7 Å². The van der Waals surface area contributed by atoms with Gasteiger partial charge >= 0.3 is 0 Å². The van der Waals surface area contributed by atoms with Crippen molar-refractivity contribution in [3.8, 4) is 0 Å². The average molecular weight is 204 g/mol. The molecule has 2 rings (SSSR count). The molecular weight excluding hydrogens is 184 g/mol. The van der Waals surface area contributed by atoms with Crippen molar-refractivity contribution < 1.29 is 0 Å². The third-order valence-corrected chi connectivity index (χ3v) is 3.34. The second kappa shape index (κ2) is 4.33. The van der Waals surface area contributed by atoms with E-state index in [4.69, 9.17) is 5.73 Å². The summed E-state index contributed by atoms with van der Waals surface area (Å²) in [5, 5.41) is 0. The lowest BCUT2D eigenvalue weighted by Crippen LogP contribution is -2.26. The Morgan fingerprint density at radius 3 is 2.53 bits per heavy atom. The summed E-state index contributed by atoms with van der Waals surface area (Å²) < 4.78 is 0. The largest absolute Gasteiger partial charge is 0.326 e. The molecule has 1 aromatic carbocycles. The minimum absolute atomic E-state index is 0.384. The second-order valence-electron chi connectivity index (χ2n) is 4.65. The van der Waals surface area contributed by atoms with Gasteiger partial charge in [-0.3, -0.25) is 4.90 Å². The minimum atomic E-state index is 0.384. The van der Waals surface area contributed by atoms with Crippen LogP contribution in [0.25, 0.3) is 0 Å². The molecule has 0 radical (unpaired) electrons. The Hall–Kier alpha value is -0.860. The zero-order valence-corrected chi connectivity index (χ0v) is 9.66. The van der Waals surface area contributed by atoms with Gasteiger partial charge in [0.25, 0.3) is 0 Å². The van der Waals surface area contributed by atoms with Crippen molar-refractivity contribution in [1.82, 2.24) is 4.90 Å². The van der Waals surface area contributed by atoms with E-state index >= 15 is 0 Å². The normalized spacial score (nSPS) is 22.2. The Labute approximate surface area is 92.1 Å². The van der Waals surface area contributed by atoms with Crippen molar-refractivity contribution in [2.75, 3.05) is 13.1 Å². The van der Waals surface area contributed by atoms with Crippen LogP contribution in [-0.4, -0.2) is 24.0 Å². The average Bonchev–Trinajstić information content (AvgIpc) is 2.58. The minimum Gasteiger partial charge on any atom is -0.326 e. The predicted octanol–water partition coefficient (Wildman–Crippen LogP) is 1.84. The lowest BCUT2D eigenvalue weighted by atomic mass is 10.0. The molecule has 0 aliphatic carbocycles. The molecule has 1 aromatic rings. The number of hydrogen-bond donors (Lipinski definition) is 1. The first kappa shape index (κ1) is 10.7. The van der Waals surface area contributed by atoms with Crippen LogP contribution in [0.4, 0.5) is 0 Å². The molecule has 1 heterocycles. The van der Waals surface area contributed by atoms with E-state index in [1.807, 2.05) is 0 Å². The number of nitrogens with zero attached hydrogens (tertiary/aromatic N) is 1. The quantitative estimate of drug-likeness (QED) is 0.796. The Bertz CT molecular complexity index is 326. The predicted molar refractivity (Wildman–Crippen MR) is 63.8 cm³/mol. The number of rotatable bonds is 2. The summed E-state index contributed by atoms with van der Waals surface area (Å²) in [4.78, 5) is 2.46. The highest BCUT2D eigenvalue weighted by molar-refractivity contribution is 5.33. The SMILES string of the molecule is Cc1cccc(C)c1CN1CC[C@H](N)C1. The molecule has 0 spiro atoms. The first-order chi connectivity index (χ1) is 7.16. The third-order valence-electron chi connectivity index (χ3n) is 3.34. The van der Waals surface area contributed by atoms with Gasteiger partial charge in [-0.2, -0.15) is 0 Å². The van der Waals surface area contributed by atoms with Gasteiger partial charge in [-0.1, -0.05) is 18.2 Å². The van der Waals surface area contributed by atoms with Crippen LogP contribution < -0.4 is 5.73 Å². The maximum absolute atomic E-state index is 5.91. The molecule has 0 unspecified atom stereocenters. The van der Waals surface area contributed by atoms with Crippen LogP contribution in [0.1, 0.15) is 23.1 Å². The fourth-order valence-electron chi connectivity index (χ4n) is 2.33. The van der Waals surface area contributed by atoms with Crippen LogP contribution in [0.5, 0.6) is 0 Å². The van der Waals surface area contributed by atoms with E-state index in [1.54, 1.807) is 0 Å². The Morgan fingerprint density at radius 2 is 2.00 bits per heavy atom. The molecule has 0 saturated carbocycles. The monoisotopic (exact) mass is 204 g/mol. The summed E-state index contributed by atoms with van der Waals surface area (Å²) in [6.07, 6.45) is 1.14. The Morgan fingerprint density at radius 1 is 1.33 bits per heavy atom. The van der Waals surface area contributed by atoms with Gasteiger partial charge in [0.15, 0.2) is 0 Å². The highest BCUT2D eigenvalue weighted by Crippen LogP contribution is 2.18.